The predicted octanol–water partition coefficient (Wildman–Crippen LogP) is 4.15. The van der Waals surface area contributed by atoms with E-state index in [-0.39, 0.29) is 11.9 Å². The zero-order chi connectivity index (χ0) is 20.5. The lowest BCUT2D eigenvalue weighted by Crippen LogP contribution is -2.42. The van der Waals surface area contributed by atoms with E-state index in [9.17, 15) is 4.79 Å². The lowest BCUT2D eigenvalue weighted by molar-refractivity contribution is -0.125. The normalized spacial score (nSPS) is 16.6. The lowest BCUT2D eigenvalue weighted by Gasteiger charge is -2.23. The van der Waals surface area contributed by atoms with Crippen LogP contribution in [0.25, 0.3) is 0 Å². The van der Waals surface area contributed by atoms with E-state index >= 15 is 0 Å². The van der Waals surface area contributed by atoms with Crippen molar-refractivity contribution in [2.75, 3.05) is 20.3 Å². The van der Waals surface area contributed by atoms with Crippen LogP contribution in [0.15, 0.2) is 48.5 Å². The molecule has 0 radical (unpaired) electrons. The van der Waals surface area contributed by atoms with Crippen LogP contribution < -0.4 is 14.8 Å². The fraction of sp³-hybridized carbons (Fsp3) is 0.458. The summed E-state index contributed by atoms with van der Waals surface area (Å²) >= 11 is 0. The summed E-state index contributed by atoms with van der Waals surface area (Å²) in [5.41, 5.74) is 2.25. The van der Waals surface area contributed by atoms with Crippen LogP contribution in [0.5, 0.6) is 11.5 Å². The smallest absolute Gasteiger partial charge is 0.237 e. The van der Waals surface area contributed by atoms with E-state index in [0.717, 1.165) is 50.1 Å². The SMILES string of the molecule is CCCCOc1ccc(CNC(=O)C2CCCN2Cc2ccccc2)cc1OC. The maximum absolute atomic E-state index is 12.8. The summed E-state index contributed by atoms with van der Waals surface area (Å²) in [6, 6.07) is 16.1. The highest BCUT2D eigenvalue weighted by Gasteiger charge is 2.30. The fourth-order valence-corrected chi connectivity index (χ4v) is 3.70. The van der Waals surface area contributed by atoms with Gasteiger partial charge in [0.05, 0.1) is 19.8 Å². The molecule has 1 fully saturated rings. The molecule has 29 heavy (non-hydrogen) atoms. The number of amides is 1. The van der Waals surface area contributed by atoms with Crippen LogP contribution in [-0.2, 0) is 17.9 Å². The van der Waals surface area contributed by atoms with Gasteiger partial charge in [0.15, 0.2) is 11.5 Å². The molecule has 1 atom stereocenters. The third-order valence-corrected chi connectivity index (χ3v) is 5.35. The summed E-state index contributed by atoms with van der Waals surface area (Å²) in [6.45, 7) is 5.08. The molecule has 1 amide bonds. The molecule has 0 saturated carbocycles. The van der Waals surface area contributed by atoms with Crippen molar-refractivity contribution in [3.8, 4) is 11.5 Å². The Morgan fingerprint density at radius 2 is 1.97 bits per heavy atom. The number of carbonyl (C=O) groups is 1. The molecule has 2 aromatic rings. The third kappa shape index (κ3) is 5.97. The molecule has 1 heterocycles. The van der Waals surface area contributed by atoms with Gasteiger partial charge in [-0.3, -0.25) is 9.69 Å². The van der Waals surface area contributed by atoms with Crippen molar-refractivity contribution in [2.24, 2.45) is 0 Å². The Morgan fingerprint density at radius 3 is 2.72 bits per heavy atom. The first kappa shape index (κ1) is 21.2. The Kier molecular flexibility index (Phi) is 7.94. The van der Waals surface area contributed by atoms with E-state index in [4.69, 9.17) is 9.47 Å². The average Bonchev–Trinajstić information content (AvgIpc) is 3.21. The van der Waals surface area contributed by atoms with Gasteiger partial charge in [0, 0.05) is 13.1 Å². The highest BCUT2D eigenvalue weighted by molar-refractivity contribution is 5.82. The monoisotopic (exact) mass is 396 g/mol. The second kappa shape index (κ2) is 10.9. The molecule has 1 saturated heterocycles. The molecule has 1 aliphatic rings. The van der Waals surface area contributed by atoms with Gasteiger partial charge in [-0.1, -0.05) is 49.7 Å². The van der Waals surface area contributed by atoms with Crippen LogP contribution in [0.3, 0.4) is 0 Å². The predicted molar refractivity (Wildman–Crippen MR) is 115 cm³/mol. The van der Waals surface area contributed by atoms with Crippen molar-refractivity contribution in [1.29, 1.82) is 0 Å². The molecule has 0 aliphatic carbocycles. The van der Waals surface area contributed by atoms with Crippen LogP contribution in [-0.4, -0.2) is 37.1 Å². The first-order chi connectivity index (χ1) is 14.2. The third-order valence-electron chi connectivity index (χ3n) is 5.35. The largest absolute Gasteiger partial charge is 0.493 e. The highest BCUT2D eigenvalue weighted by atomic mass is 16.5. The second-order valence-electron chi connectivity index (χ2n) is 7.52. The maximum atomic E-state index is 12.8. The van der Waals surface area contributed by atoms with E-state index < -0.39 is 0 Å². The first-order valence-corrected chi connectivity index (χ1v) is 10.6. The van der Waals surface area contributed by atoms with Gasteiger partial charge in [0.2, 0.25) is 5.91 Å². The fourth-order valence-electron chi connectivity index (χ4n) is 3.70. The minimum Gasteiger partial charge on any atom is -0.493 e. The molecule has 0 aromatic heterocycles. The van der Waals surface area contributed by atoms with Crippen molar-refractivity contribution in [3.63, 3.8) is 0 Å². The molecule has 1 N–H and O–H groups in total. The van der Waals surface area contributed by atoms with E-state index in [1.54, 1.807) is 7.11 Å². The summed E-state index contributed by atoms with van der Waals surface area (Å²) < 4.78 is 11.2. The number of hydrogen-bond donors (Lipinski definition) is 1. The van der Waals surface area contributed by atoms with E-state index in [1.807, 2.05) is 36.4 Å². The number of rotatable bonds is 10. The van der Waals surface area contributed by atoms with Gasteiger partial charge in [-0.05, 0) is 49.1 Å². The number of hydrogen-bond acceptors (Lipinski definition) is 4. The Bertz CT molecular complexity index is 779. The highest BCUT2D eigenvalue weighted by Crippen LogP contribution is 2.28. The van der Waals surface area contributed by atoms with Gasteiger partial charge in [0.25, 0.3) is 0 Å². The number of carbonyl (C=O) groups excluding carboxylic acids is 1. The second-order valence-corrected chi connectivity index (χ2v) is 7.52. The number of likely N-dealkylation sites (tertiary alicyclic amines) is 1. The number of benzene rings is 2. The number of nitrogens with zero attached hydrogens (tertiary/aromatic N) is 1. The molecular weight excluding hydrogens is 364 g/mol. The summed E-state index contributed by atoms with van der Waals surface area (Å²) in [6.07, 6.45) is 4.07. The van der Waals surface area contributed by atoms with Crippen LogP contribution in [0.4, 0.5) is 0 Å². The summed E-state index contributed by atoms with van der Waals surface area (Å²) in [5.74, 6) is 1.56. The van der Waals surface area contributed by atoms with Gasteiger partial charge in [0.1, 0.15) is 0 Å². The van der Waals surface area contributed by atoms with Crippen LogP contribution >= 0.6 is 0 Å². The Hall–Kier alpha value is -2.53. The number of ether oxygens (including phenoxy) is 2. The summed E-state index contributed by atoms with van der Waals surface area (Å²) in [5, 5.41) is 3.10. The van der Waals surface area contributed by atoms with Crippen LogP contribution in [0, 0.1) is 0 Å². The molecular formula is C24H32N2O3. The van der Waals surface area contributed by atoms with E-state index in [1.165, 1.54) is 5.56 Å². The Morgan fingerprint density at radius 1 is 1.14 bits per heavy atom. The minimum atomic E-state index is -0.0613. The van der Waals surface area contributed by atoms with E-state index in [2.05, 4.69) is 29.3 Å². The maximum Gasteiger partial charge on any atom is 0.237 e. The van der Waals surface area contributed by atoms with Crippen molar-refractivity contribution < 1.29 is 14.3 Å². The lowest BCUT2D eigenvalue weighted by atomic mass is 10.1. The Labute approximate surface area is 174 Å². The molecule has 1 unspecified atom stereocenters. The van der Waals surface area contributed by atoms with Crippen molar-refractivity contribution >= 4 is 5.91 Å². The van der Waals surface area contributed by atoms with Gasteiger partial charge in [-0.2, -0.15) is 0 Å². The van der Waals surface area contributed by atoms with Crippen molar-refractivity contribution in [3.05, 3.63) is 59.7 Å². The zero-order valence-electron chi connectivity index (χ0n) is 17.5. The van der Waals surface area contributed by atoms with Crippen molar-refractivity contribution in [2.45, 2.75) is 51.7 Å². The molecule has 3 rings (SSSR count). The molecule has 5 nitrogen and oxygen atoms in total. The zero-order valence-corrected chi connectivity index (χ0v) is 17.5. The average molecular weight is 397 g/mol. The van der Waals surface area contributed by atoms with Crippen molar-refractivity contribution in [1.82, 2.24) is 10.2 Å². The topological polar surface area (TPSA) is 50.8 Å². The van der Waals surface area contributed by atoms with Gasteiger partial charge in [-0.15, -0.1) is 0 Å². The standard InChI is InChI=1S/C24H32N2O3/c1-3-4-15-29-22-13-12-20(16-23(22)28-2)17-25-24(27)21-11-8-14-26(21)18-19-9-6-5-7-10-19/h5-7,9-10,12-13,16,21H,3-4,8,11,14-15,17-18H2,1-2H3,(H,25,27). The summed E-state index contributed by atoms with van der Waals surface area (Å²) in [4.78, 5) is 15.1. The molecule has 0 bridgehead atoms. The molecule has 5 heteroatoms. The van der Waals surface area contributed by atoms with Gasteiger partial charge < -0.3 is 14.8 Å². The van der Waals surface area contributed by atoms with Crippen LogP contribution in [0.2, 0.25) is 0 Å². The molecule has 1 aliphatic heterocycles. The van der Waals surface area contributed by atoms with Gasteiger partial charge in [-0.25, -0.2) is 0 Å². The van der Waals surface area contributed by atoms with Gasteiger partial charge >= 0.3 is 0 Å². The molecule has 2 aromatic carbocycles. The minimum absolute atomic E-state index is 0.0613. The summed E-state index contributed by atoms with van der Waals surface area (Å²) in [7, 11) is 1.64. The molecule has 0 spiro atoms. The van der Waals surface area contributed by atoms with Crippen LogP contribution in [0.1, 0.15) is 43.7 Å². The quantitative estimate of drug-likeness (QED) is 0.613. The van der Waals surface area contributed by atoms with E-state index in [0.29, 0.717) is 18.9 Å². The number of nitrogens with one attached hydrogen (secondary N) is 1. The number of methoxy groups -OCH3 is 1. The first-order valence-electron chi connectivity index (χ1n) is 10.6. The Balaban J connectivity index is 1.55. The molecule has 156 valence electrons. The number of unbranched alkanes of at least 4 members (excludes halogenated alkanes) is 1.